The lowest BCUT2D eigenvalue weighted by atomic mass is 10.1. The molecule has 9 heavy (non-hydrogen) atoms. The summed E-state index contributed by atoms with van der Waals surface area (Å²) in [5, 5.41) is 0. The van der Waals surface area contributed by atoms with Crippen LogP contribution in [0.2, 0.25) is 0 Å². The van der Waals surface area contributed by atoms with E-state index in [1.807, 2.05) is 0 Å². The van der Waals surface area contributed by atoms with E-state index in [9.17, 15) is 4.39 Å². The minimum atomic E-state index is -0.233. The molecule has 0 aromatic rings. The van der Waals surface area contributed by atoms with Crippen molar-refractivity contribution in [3.05, 3.63) is 23.7 Å². The summed E-state index contributed by atoms with van der Waals surface area (Å²) >= 11 is 0. The summed E-state index contributed by atoms with van der Waals surface area (Å²) in [6, 6.07) is 0. The van der Waals surface area contributed by atoms with Crippen LogP contribution < -0.4 is 0 Å². The maximum absolute atomic E-state index is 12.5. The van der Waals surface area contributed by atoms with Crippen molar-refractivity contribution in [2.45, 2.75) is 12.8 Å². The van der Waals surface area contributed by atoms with E-state index in [0.717, 1.165) is 12.8 Å². The molecule has 1 aliphatic carbocycles. The molecule has 0 amide bonds. The molecule has 0 aliphatic heterocycles. The van der Waals surface area contributed by atoms with Gasteiger partial charge < -0.3 is 4.74 Å². The van der Waals surface area contributed by atoms with Gasteiger partial charge in [0, 0.05) is 0 Å². The van der Waals surface area contributed by atoms with Gasteiger partial charge in [-0.25, -0.2) is 4.39 Å². The minimum Gasteiger partial charge on any atom is -0.494 e. The number of hydrogen-bond acceptors (Lipinski definition) is 1. The van der Waals surface area contributed by atoms with Crippen LogP contribution >= 0.6 is 0 Å². The highest BCUT2D eigenvalue weighted by Crippen LogP contribution is 2.19. The maximum atomic E-state index is 12.5. The number of rotatable bonds is 1. The quantitative estimate of drug-likeness (QED) is 0.525. The minimum absolute atomic E-state index is 0.233. The fraction of sp³-hybridized carbons (Fsp3) is 0.429. The van der Waals surface area contributed by atoms with E-state index in [2.05, 4.69) is 0 Å². The SMILES string of the molecule is COC1=CCCC=C1F. The predicted molar refractivity (Wildman–Crippen MR) is 33.5 cm³/mol. The second-order valence-electron chi connectivity index (χ2n) is 1.90. The monoisotopic (exact) mass is 128 g/mol. The van der Waals surface area contributed by atoms with Crippen molar-refractivity contribution in [1.82, 2.24) is 0 Å². The van der Waals surface area contributed by atoms with E-state index in [0.29, 0.717) is 5.76 Å². The summed E-state index contributed by atoms with van der Waals surface area (Å²) < 4.78 is 17.2. The summed E-state index contributed by atoms with van der Waals surface area (Å²) in [4.78, 5) is 0. The molecule has 0 bridgehead atoms. The Hall–Kier alpha value is -0.790. The molecule has 0 spiro atoms. The van der Waals surface area contributed by atoms with Gasteiger partial charge in [-0.1, -0.05) is 0 Å². The molecule has 0 radical (unpaired) electrons. The number of ether oxygens (including phenoxy) is 1. The topological polar surface area (TPSA) is 9.23 Å². The molecule has 1 rings (SSSR count). The van der Waals surface area contributed by atoms with Crippen LogP contribution in [0.4, 0.5) is 4.39 Å². The standard InChI is InChI=1S/C7H9FO/c1-9-7-5-3-2-4-6(7)8/h4-5H,2-3H2,1H3. The normalized spacial score (nSPS) is 18.4. The third kappa shape index (κ3) is 1.31. The van der Waals surface area contributed by atoms with Crippen molar-refractivity contribution in [3.8, 4) is 0 Å². The van der Waals surface area contributed by atoms with Gasteiger partial charge in [0.1, 0.15) is 5.76 Å². The number of halogens is 1. The zero-order valence-corrected chi connectivity index (χ0v) is 5.36. The van der Waals surface area contributed by atoms with E-state index < -0.39 is 0 Å². The Morgan fingerprint density at radius 1 is 1.44 bits per heavy atom. The fourth-order valence-electron chi connectivity index (χ4n) is 0.803. The molecule has 0 aromatic carbocycles. The molecule has 0 unspecified atom stereocenters. The van der Waals surface area contributed by atoms with Crippen molar-refractivity contribution < 1.29 is 9.13 Å². The molecule has 0 fully saturated rings. The van der Waals surface area contributed by atoms with Gasteiger partial charge >= 0.3 is 0 Å². The van der Waals surface area contributed by atoms with Crippen molar-refractivity contribution >= 4 is 0 Å². The van der Waals surface area contributed by atoms with Gasteiger partial charge in [-0.05, 0) is 25.0 Å². The molecule has 1 aliphatic rings. The van der Waals surface area contributed by atoms with Crippen LogP contribution in [0.25, 0.3) is 0 Å². The van der Waals surface area contributed by atoms with E-state index >= 15 is 0 Å². The molecule has 1 nitrogen and oxygen atoms in total. The summed E-state index contributed by atoms with van der Waals surface area (Å²) in [5.74, 6) is 0.144. The van der Waals surface area contributed by atoms with Gasteiger partial charge in [0.25, 0.3) is 0 Å². The third-order valence-electron chi connectivity index (χ3n) is 1.28. The summed E-state index contributed by atoms with van der Waals surface area (Å²) in [6.45, 7) is 0. The van der Waals surface area contributed by atoms with Crippen LogP contribution in [0.3, 0.4) is 0 Å². The van der Waals surface area contributed by atoms with Crippen molar-refractivity contribution in [1.29, 1.82) is 0 Å². The molecule has 50 valence electrons. The Morgan fingerprint density at radius 2 is 2.11 bits per heavy atom. The Bertz CT molecular complexity index is 158. The molecular weight excluding hydrogens is 119 g/mol. The molecule has 0 saturated heterocycles. The van der Waals surface area contributed by atoms with Crippen molar-refractivity contribution in [2.75, 3.05) is 7.11 Å². The van der Waals surface area contributed by atoms with E-state index in [1.54, 1.807) is 12.2 Å². The highest BCUT2D eigenvalue weighted by atomic mass is 19.1. The zero-order valence-electron chi connectivity index (χ0n) is 5.36. The van der Waals surface area contributed by atoms with Crippen LogP contribution in [0.15, 0.2) is 23.7 Å². The molecule has 2 heteroatoms. The van der Waals surface area contributed by atoms with Crippen LogP contribution in [0.1, 0.15) is 12.8 Å². The second-order valence-corrected chi connectivity index (χ2v) is 1.90. The molecule has 0 aromatic heterocycles. The van der Waals surface area contributed by atoms with Crippen molar-refractivity contribution in [3.63, 3.8) is 0 Å². The molecule has 0 saturated carbocycles. The number of hydrogen-bond donors (Lipinski definition) is 0. The lowest BCUT2D eigenvalue weighted by Gasteiger charge is -2.06. The Morgan fingerprint density at radius 3 is 2.56 bits per heavy atom. The van der Waals surface area contributed by atoms with E-state index in [-0.39, 0.29) is 5.83 Å². The molecular formula is C7H9FO. The Labute approximate surface area is 53.8 Å². The van der Waals surface area contributed by atoms with Crippen LogP contribution in [0.5, 0.6) is 0 Å². The van der Waals surface area contributed by atoms with Crippen LogP contribution in [-0.2, 0) is 4.74 Å². The zero-order chi connectivity index (χ0) is 6.69. The fourth-order valence-corrected chi connectivity index (χ4v) is 0.803. The van der Waals surface area contributed by atoms with Crippen LogP contribution in [-0.4, -0.2) is 7.11 Å². The first-order chi connectivity index (χ1) is 4.34. The molecule has 0 atom stereocenters. The molecule has 0 heterocycles. The van der Waals surface area contributed by atoms with Gasteiger partial charge in [0.2, 0.25) is 0 Å². The Balaban J connectivity index is 2.68. The van der Waals surface area contributed by atoms with Crippen molar-refractivity contribution in [2.24, 2.45) is 0 Å². The van der Waals surface area contributed by atoms with Gasteiger partial charge in [-0.2, -0.15) is 0 Å². The van der Waals surface area contributed by atoms with Gasteiger partial charge in [-0.3, -0.25) is 0 Å². The predicted octanol–water partition coefficient (Wildman–Crippen LogP) is 2.16. The smallest absolute Gasteiger partial charge is 0.160 e. The number of methoxy groups -OCH3 is 1. The van der Waals surface area contributed by atoms with E-state index in [4.69, 9.17) is 4.74 Å². The van der Waals surface area contributed by atoms with Gasteiger partial charge in [0.15, 0.2) is 5.83 Å². The highest BCUT2D eigenvalue weighted by molar-refractivity contribution is 5.22. The first-order valence-corrected chi connectivity index (χ1v) is 2.95. The average molecular weight is 128 g/mol. The maximum Gasteiger partial charge on any atom is 0.160 e. The lowest BCUT2D eigenvalue weighted by molar-refractivity contribution is 0.279. The number of allylic oxidation sites excluding steroid dienone is 3. The first-order valence-electron chi connectivity index (χ1n) is 2.95. The first kappa shape index (κ1) is 6.33. The van der Waals surface area contributed by atoms with Crippen LogP contribution in [0, 0.1) is 0 Å². The average Bonchev–Trinajstić information content (AvgIpc) is 1.89. The summed E-state index contributed by atoms with van der Waals surface area (Å²) in [6.07, 6.45) is 4.98. The second kappa shape index (κ2) is 2.67. The lowest BCUT2D eigenvalue weighted by Crippen LogP contribution is -1.91. The van der Waals surface area contributed by atoms with Gasteiger partial charge in [-0.15, -0.1) is 0 Å². The van der Waals surface area contributed by atoms with E-state index in [1.165, 1.54) is 7.11 Å². The summed E-state index contributed by atoms with van der Waals surface area (Å²) in [5.41, 5.74) is 0. The summed E-state index contributed by atoms with van der Waals surface area (Å²) in [7, 11) is 1.48. The largest absolute Gasteiger partial charge is 0.494 e. The highest BCUT2D eigenvalue weighted by Gasteiger charge is 2.06. The third-order valence-corrected chi connectivity index (χ3v) is 1.28. The van der Waals surface area contributed by atoms with Gasteiger partial charge in [0.05, 0.1) is 7.11 Å². The molecule has 0 N–H and O–H groups in total. The Kier molecular flexibility index (Phi) is 1.88.